The summed E-state index contributed by atoms with van der Waals surface area (Å²) in [5, 5.41) is 11.8. The molecule has 6 nitrogen and oxygen atoms in total. The maximum absolute atomic E-state index is 10.9. The molecule has 0 spiro atoms. The average Bonchev–Trinajstić information content (AvgIpc) is 2.27. The van der Waals surface area contributed by atoms with Gasteiger partial charge in [-0.25, -0.2) is 14.8 Å². The molecule has 0 aliphatic heterocycles. The van der Waals surface area contributed by atoms with E-state index in [-0.39, 0.29) is 11.0 Å². The second-order valence-corrected chi connectivity index (χ2v) is 4.36. The van der Waals surface area contributed by atoms with E-state index in [2.05, 4.69) is 15.3 Å². The van der Waals surface area contributed by atoms with Crippen LogP contribution in [0.5, 0.6) is 0 Å². The standard InChI is InChI=1S/C10H14ClN3O3/c1-10(2,17-3)5-13-6-4-12-9(11)14-7(6)8(15)16/h4,13H,5H2,1-3H3,(H,15,16). The van der Waals surface area contributed by atoms with Gasteiger partial charge in [-0.1, -0.05) is 0 Å². The number of aromatic nitrogens is 2. The number of carboxylic acid groups (broad SMARTS) is 1. The molecule has 7 heteroatoms. The first-order valence-electron chi connectivity index (χ1n) is 4.90. The third-order valence-corrected chi connectivity index (χ3v) is 2.40. The monoisotopic (exact) mass is 259 g/mol. The molecule has 94 valence electrons. The minimum absolute atomic E-state index is 0.0982. The first-order chi connectivity index (χ1) is 7.85. The van der Waals surface area contributed by atoms with E-state index in [1.807, 2.05) is 13.8 Å². The molecule has 2 N–H and O–H groups in total. The number of anilines is 1. The molecule has 0 fully saturated rings. The highest BCUT2D eigenvalue weighted by atomic mass is 35.5. The minimum Gasteiger partial charge on any atom is -0.476 e. The van der Waals surface area contributed by atoms with Gasteiger partial charge in [0.2, 0.25) is 5.28 Å². The number of nitrogens with one attached hydrogen (secondary N) is 1. The highest BCUT2D eigenvalue weighted by Crippen LogP contribution is 2.16. The average molecular weight is 260 g/mol. The largest absolute Gasteiger partial charge is 0.476 e. The zero-order chi connectivity index (χ0) is 13.1. The van der Waals surface area contributed by atoms with Gasteiger partial charge in [0.05, 0.1) is 17.5 Å². The van der Waals surface area contributed by atoms with Crippen molar-refractivity contribution >= 4 is 23.3 Å². The normalized spacial score (nSPS) is 11.3. The van der Waals surface area contributed by atoms with Crippen molar-refractivity contribution < 1.29 is 14.6 Å². The summed E-state index contributed by atoms with van der Waals surface area (Å²) in [7, 11) is 1.58. The Hall–Kier alpha value is -1.40. The zero-order valence-electron chi connectivity index (χ0n) is 9.82. The zero-order valence-corrected chi connectivity index (χ0v) is 10.6. The number of carboxylic acids is 1. The molecule has 0 aromatic carbocycles. The fourth-order valence-corrected chi connectivity index (χ4v) is 1.17. The van der Waals surface area contributed by atoms with E-state index in [0.717, 1.165) is 0 Å². The van der Waals surface area contributed by atoms with Crippen LogP contribution in [0.3, 0.4) is 0 Å². The lowest BCUT2D eigenvalue weighted by atomic mass is 10.1. The molecule has 0 aliphatic carbocycles. The van der Waals surface area contributed by atoms with Crippen LogP contribution in [0.1, 0.15) is 24.3 Å². The van der Waals surface area contributed by atoms with Crippen LogP contribution >= 0.6 is 11.6 Å². The number of halogens is 1. The maximum Gasteiger partial charge on any atom is 0.356 e. The van der Waals surface area contributed by atoms with Gasteiger partial charge >= 0.3 is 5.97 Å². The Morgan fingerprint density at radius 3 is 2.82 bits per heavy atom. The molecule has 0 radical (unpaired) electrons. The van der Waals surface area contributed by atoms with Crippen molar-refractivity contribution in [1.82, 2.24) is 9.97 Å². The summed E-state index contributed by atoms with van der Waals surface area (Å²) < 4.78 is 5.21. The van der Waals surface area contributed by atoms with E-state index in [4.69, 9.17) is 21.4 Å². The molecule has 0 atom stereocenters. The van der Waals surface area contributed by atoms with Crippen LogP contribution in [0, 0.1) is 0 Å². The van der Waals surface area contributed by atoms with E-state index in [0.29, 0.717) is 12.2 Å². The summed E-state index contributed by atoms with van der Waals surface area (Å²) in [5.74, 6) is -1.16. The summed E-state index contributed by atoms with van der Waals surface area (Å²) >= 11 is 5.54. The Morgan fingerprint density at radius 1 is 1.65 bits per heavy atom. The number of methoxy groups -OCH3 is 1. The third-order valence-electron chi connectivity index (χ3n) is 2.22. The van der Waals surface area contributed by atoms with Crippen LogP contribution in [-0.2, 0) is 4.74 Å². The van der Waals surface area contributed by atoms with Gasteiger partial charge in [0.1, 0.15) is 0 Å². The van der Waals surface area contributed by atoms with Crippen molar-refractivity contribution in [2.75, 3.05) is 19.0 Å². The van der Waals surface area contributed by atoms with Crippen LogP contribution in [0.2, 0.25) is 5.28 Å². The SMILES string of the molecule is COC(C)(C)CNc1cnc(Cl)nc1C(=O)O. The predicted molar refractivity (Wildman–Crippen MR) is 63.6 cm³/mol. The molecule has 1 rings (SSSR count). The van der Waals surface area contributed by atoms with Gasteiger partial charge < -0.3 is 15.2 Å². The summed E-state index contributed by atoms with van der Waals surface area (Å²) in [6, 6.07) is 0. The Balaban J connectivity index is 2.88. The van der Waals surface area contributed by atoms with Crippen LogP contribution in [-0.4, -0.2) is 40.3 Å². The molecule has 0 bridgehead atoms. The Labute approximate surface area is 104 Å². The topological polar surface area (TPSA) is 84.3 Å². The number of ether oxygens (including phenoxy) is 1. The lowest BCUT2D eigenvalue weighted by Crippen LogP contribution is -2.32. The molecule has 1 heterocycles. The first-order valence-corrected chi connectivity index (χ1v) is 5.28. The molecular weight excluding hydrogens is 246 g/mol. The number of rotatable bonds is 5. The summed E-state index contributed by atoms with van der Waals surface area (Å²) in [5.41, 5.74) is -0.265. The molecule has 1 aromatic heterocycles. The fourth-order valence-electron chi connectivity index (χ4n) is 1.03. The van der Waals surface area contributed by atoms with Crippen molar-refractivity contribution in [3.8, 4) is 0 Å². The maximum atomic E-state index is 10.9. The van der Waals surface area contributed by atoms with Crippen molar-refractivity contribution in [1.29, 1.82) is 0 Å². The lowest BCUT2D eigenvalue weighted by molar-refractivity contribution is 0.0343. The summed E-state index contributed by atoms with van der Waals surface area (Å²) in [6.45, 7) is 4.17. The number of aromatic carboxylic acids is 1. The highest BCUT2D eigenvalue weighted by molar-refractivity contribution is 6.28. The number of hydrogen-bond acceptors (Lipinski definition) is 5. The summed E-state index contributed by atoms with van der Waals surface area (Å²) in [4.78, 5) is 18.3. The minimum atomic E-state index is -1.16. The number of nitrogens with zero attached hydrogens (tertiary/aromatic N) is 2. The number of hydrogen-bond donors (Lipinski definition) is 2. The molecule has 0 saturated heterocycles. The van der Waals surface area contributed by atoms with E-state index >= 15 is 0 Å². The second-order valence-electron chi connectivity index (χ2n) is 4.02. The van der Waals surface area contributed by atoms with E-state index in [1.165, 1.54) is 6.20 Å². The van der Waals surface area contributed by atoms with Crippen molar-refractivity contribution in [3.63, 3.8) is 0 Å². The van der Waals surface area contributed by atoms with Gasteiger partial charge in [-0.05, 0) is 25.4 Å². The molecule has 0 unspecified atom stereocenters. The van der Waals surface area contributed by atoms with Gasteiger partial charge in [0, 0.05) is 13.7 Å². The van der Waals surface area contributed by atoms with Gasteiger partial charge in [-0.15, -0.1) is 0 Å². The van der Waals surface area contributed by atoms with Gasteiger partial charge in [-0.2, -0.15) is 0 Å². The van der Waals surface area contributed by atoms with Gasteiger partial charge in [0.25, 0.3) is 0 Å². The first kappa shape index (κ1) is 13.7. The van der Waals surface area contributed by atoms with Crippen LogP contribution < -0.4 is 5.32 Å². The van der Waals surface area contributed by atoms with Gasteiger partial charge in [-0.3, -0.25) is 0 Å². The van der Waals surface area contributed by atoms with Crippen molar-refractivity contribution in [3.05, 3.63) is 17.2 Å². The quantitative estimate of drug-likeness (QED) is 0.783. The van der Waals surface area contributed by atoms with Gasteiger partial charge in [0.15, 0.2) is 5.69 Å². The molecule has 17 heavy (non-hydrogen) atoms. The second kappa shape index (κ2) is 5.29. The van der Waals surface area contributed by atoms with Crippen LogP contribution in [0.4, 0.5) is 5.69 Å². The van der Waals surface area contributed by atoms with E-state index in [1.54, 1.807) is 7.11 Å². The molecular formula is C10H14ClN3O3. The Kier molecular flexibility index (Phi) is 4.25. The van der Waals surface area contributed by atoms with Crippen molar-refractivity contribution in [2.45, 2.75) is 19.4 Å². The molecule has 1 aromatic rings. The van der Waals surface area contributed by atoms with E-state index in [9.17, 15) is 4.79 Å². The molecule has 0 aliphatic rings. The predicted octanol–water partition coefficient (Wildman–Crippen LogP) is 1.67. The fraction of sp³-hybridized carbons (Fsp3) is 0.500. The Bertz CT molecular complexity index is 423. The van der Waals surface area contributed by atoms with Crippen LogP contribution in [0.15, 0.2) is 6.20 Å². The van der Waals surface area contributed by atoms with E-state index < -0.39 is 11.6 Å². The summed E-state index contributed by atoms with van der Waals surface area (Å²) in [6.07, 6.45) is 1.34. The van der Waals surface area contributed by atoms with Crippen LogP contribution in [0.25, 0.3) is 0 Å². The number of carbonyl (C=O) groups is 1. The molecule has 0 amide bonds. The lowest BCUT2D eigenvalue weighted by Gasteiger charge is -2.23. The Morgan fingerprint density at radius 2 is 2.29 bits per heavy atom. The third kappa shape index (κ3) is 3.83. The highest BCUT2D eigenvalue weighted by Gasteiger charge is 2.19. The molecule has 0 saturated carbocycles. The van der Waals surface area contributed by atoms with Crippen molar-refractivity contribution in [2.24, 2.45) is 0 Å². The smallest absolute Gasteiger partial charge is 0.356 e.